The first-order chi connectivity index (χ1) is 8.17. The highest BCUT2D eigenvalue weighted by molar-refractivity contribution is 5.88. The lowest BCUT2D eigenvalue weighted by Gasteiger charge is -2.05. The highest BCUT2D eigenvalue weighted by Gasteiger charge is 2.01. The number of anilines is 1. The summed E-state index contributed by atoms with van der Waals surface area (Å²) in [4.78, 5) is 10.6. The Hall–Kier alpha value is -1.84. The van der Waals surface area contributed by atoms with Crippen LogP contribution in [0.1, 0.15) is 37.0 Å². The van der Waals surface area contributed by atoms with E-state index in [0.717, 1.165) is 18.5 Å². The van der Waals surface area contributed by atoms with E-state index in [0.29, 0.717) is 5.92 Å². The van der Waals surface area contributed by atoms with Gasteiger partial charge in [0.25, 0.3) is 0 Å². The van der Waals surface area contributed by atoms with Crippen molar-refractivity contribution in [1.29, 1.82) is 0 Å². The van der Waals surface area contributed by atoms with Gasteiger partial charge in [-0.3, -0.25) is 5.43 Å². The van der Waals surface area contributed by atoms with E-state index in [1.807, 2.05) is 6.21 Å². The summed E-state index contributed by atoms with van der Waals surface area (Å²) < 4.78 is 0. The quantitative estimate of drug-likeness (QED) is 0.587. The van der Waals surface area contributed by atoms with E-state index in [1.54, 1.807) is 24.3 Å². The van der Waals surface area contributed by atoms with Gasteiger partial charge in [-0.05, 0) is 43.0 Å². The van der Waals surface area contributed by atoms with Gasteiger partial charge in [0, 0.05) is 6.21 Å². The lowest BCUT2D eigenvalue weighted by Crippen LogP contribution is -2.00. The number of nitrogens with one attached hydrogen (secondary N) is 1. The Balaban J connectivity index is 2.55. The van der Waals surface area contributed by atoms with Gasteiger partial charge in [0.1, 0.15) is 0 Å². The maximum absolute atomic E-state index is 10.6. The van der Waals surface area contributed by atoms with Gasteiger partial charge in [0.2, 0.25) is 0 Å². The van der Waals surface area contributed by atoms with Crippen molar-refractivity contribution >= 4 is 17.9 Å². The molecule has 0 radical (unpaired) electrons. The molecule has 0 unspecified atom stereocenters. The number of rotatable bonds is 6. The first-order valence-electron chi connectivity index (χ1n) is 5.79. The van der Waals surface area contributed by atoms with Gasteiger partial charge in [-0.1, -0.05) is 13.8 Å². The van der Waals surface area contributed by atoms with Crippen molar-refractivity contribution in [2.24, 2.45) is 11.0 Å². The number of hydrogen-bond donors (Lipinski definition) is 2. The minimum absolute atomic E-state index is 0.277. The summed E-state index contributed by atoms with van der Waals surface area (Å²) in [5.41, 5.74) is 3.95. The highest BCUT2D eigenvalue weighted by atomic mass is 16.4. The van der Waals surface area contributed by atoms with Crippen LogP contribution in [0.15, 0.2) is 29.4 Å². The van der Waals surface area contributed by atoms with Crippen LogP contribution >= 0.6 is 0 Å². The van der Waals surface area contributed by atoms with Crippen LogP contribution in [-0.2, 0) is 0 Å². The molecule has 1 aromatic carbocycles. The van der Waals surface area contributed by atoms with E-state index < -0.39 is 5.97 Å². The zero-order valence-corrected chi connectivity index (χ0v) is 10.2. The van der Waals surface area contributed by atoms with E-state index in [9.17, 15) is 4.79 Å². The van der Waals surface area contributed by atoms with Gasteiger partial charge >= 0.3 is 5.97 Å². The van der Waals surface area contributed by atoms with Crippen molar-refractivity contribution in [2.75, 3.05) is 5.43 Å². The first-order valence-corrected chi connectivity index (χ1v) is 5.79. The molecule has 0 bridgehead atoms. The van der Waals surface area contributed by atoms with Crippen molar-refractivity contribution in [3.05, 3.63) is 29.8 Å². The number of benzene rings is 1. The molecule has 0 aromatic heterocycles. The zero-order chi connectivity index (χ0) is 12.7. The van der Waals surface area contributed by atoms with Gasteiger partial charge in [-0.25, -0.2) is 4.79 Å². The number of nitrogens with zero attached hydrogens (tertiary/aromatic N) is 1. The SMILES string of the molecule is CCC(/C=N\Nc1ccc(C(=O)O)cc1)CC. The molecule has 0 saturated carbocycles. The number of hydrazone groups is 1. The van der Waals surface area contributed by atoms with E-state index in [2.05, 4.69) is 24.4 Å². The average molecular weight is 234 g/mol. The molecule has 0 atom stereocenters. The molecule has 4 heteroatoms. The minimum atomic E-state index is -0.919. The Morgan fingerprint density at radius 3 is 2.41 bits per heavy atom. The predicted octanol–water partition coefficient (Wildman–Crippen LogP) is 3.22. The third-order valence-electron chi connectivity index (χ3n) is 2.66. The number of carboxylic acid groups (broad SMARTS) is 1. The second-order valence-corrected chi connectivity index (χ2v) is 3.85. The highest BCUT2D eigenvalue weighted by Crippen LogP contribution is 2.10. The van der Waals surface area contributed by atoms with Crippen molar-refractivity contribution in [3.63, 3.8) is 0 Å². The van der Waals surface area contributed by atoms with Crippen LogP contribution in [0.2, 0.25) is 0 Å². The summed E-state index contributed by atoms with van der Waals surface area (Å²) in [6.45, 7) is 4.25. The van der Waals surface area contributed by atoms with E-state index in [-0.39, 0.29) is 5.56 Å². The summed E-state index contributed by atoms with van der Waals surface area (Å²) in [5, 5.41) is 12.9. The molecule has 0 saturated heterocycles. The number of carbonyl (C=O) groups is 1. The molecule has 92 valence electrons. The average Bonchev–Trinajstić information content (AvgIpc) is 2.35. The van der Waals surface area contributed by atoms with Crippen LogP contribution in [-0.4, -0.2) is 17.3 Å². The lowest BCUT2D eigenvalue weighted by molar-refractivity contribution is 0.0697. The fraction of sp³-hybridized carbons (Fsp3) is 0.385. The van der Waals surface area contributed by atoms with Gasteiger partial charge in [0.05, 0.1) is 11.3 Å². The Morgan fingerprint density at radius 2 is 1.94 bits per heavy atom. The largest absolute Gasteiger partial charge is 0.478 e. The Kier molecular flexibility index (Phi) is 5.20. The maximum atomic E-state index is 10.6. The number of hydrogen-bond acceptors (Lipinski definition) is 3. The molecule has 1 aromatic rings. The number of carboxylic acids is 1. The van der Waals surface area contributed by atoms with Gasteiger partial charge < -0.3 is 5.11 Å². The summed E-state index contributed by atoms with van der Waals surface area (Å²) >= 11 is 0. The van der Waals surface area contributed by atoms with Crippen LogP contribution in [0.5, 0.6) is 0 Å². The number of aromatic carboxylic acids is 1. The Bertz CT molecular complexity index is 381. The fourth-order valence-electron chi connectivity index (χ4n) is 1.40. The molecule has 0 aliphatic heterocycles. The van der Waals surface area contributed by atoms with Crippen molar-refractivity contribution in [1.82, 2.24) is 0 Å². The smallest absolute Gasteiger partial charge is 0.335 e. The van der Waals surface area contributed by atoms with Crippen LogP contribution in [0, 0.1) is 5.92 Å². The van der Waals surface area contributed by atoms with Crippen molar-refractivity contribution < 1.29 is 9.90 Å². The van der Waals surface area contributed by atoms with E-state index in [1.165, 1.54) is 0 Å². The molecule has 0 heterocycles. The molecule has 0 aliphatic carbocycles. The second kappa shape index (κ2) is 6.68. The van der Waals surface area contributed by atoms with Crippen molar-refractivity contribution in [3.8, 4) is 0 Å². The molecule has 2 N–H and O–H groups in total. The summed E-state index contributed by atoms with van der Waals surface area (Å²) in [6.07, 6.45) is 4.03. The Labute approximate surface area is 101 Å². The first kappa shape index (κ1) is 13.2. The van der Waals surface area contributed by atoms with Crippen LogP contribution in [0.4, 0.5) is 5.69 Å². The van der Waals surface area contributed by atoms with E-state index >= 15 is 0 Å². The third-order valence-corrected chi connectivity index (χ3v) is 2.66. The van der Waals surface area contributed by atoms with Gasteiger partial charge in [-0.15, -0.1) is 0 Å². The third kappa shape index (κ3) is 4.26. The summed E-state index contributed by atoms with van der Waals surface area (Å²) in [7, 11) is 0. The summed E-state index contributed by atoms with van der Waals surface area (Å²) in [6, 6.07) is 6.51. The van der Waals surface area contributed by atoms with E-state index in [4.69, 9.17) is 5.11 Å². The second-order valence-electron chi connectivity index (χ2n) is 3.85. The molecule has 0 fully saturated rings. The normalized spacial score (nSPS) is 11.0. The molecule has 1 rings (SSSR count). The summed E-state index contributed by atoms with van der Waals surface area (Å²) in [5.74, 6) is -0.433. The lowest BCUT2D eigenvalue weighted by atomic mass is 10.1. The standard InChI is InChI=1S/C13H18N2O2/c1-3-10(4-2)9-14-15-12-7-5-11(6-8-12)13(16)17/h5-10,15H,3-4H2,1-2H3,(H,16,17)/b14-9-. The minimum Gasteiger partial charge on any atom is -0.478 e. The van der Waals surface area contributed by atoms with Crippen LogP contribution < -0.4 is 5.43 Å². The van der Waals surface area contributed by atoms with Crippen LogP contribution in [0.3, 0.4) is 0 Å². The predicted molar refractivity (Wildman–Crippen MR) is 69.6 cm³/mol. The van der Waals surface area contributed by atoms with Crippen LogP contribution in [0.25, 0.3) is 0 Å². The maximum Gasteiger partial charge on any atom is 0.335 e. The zero-order valence-electron chi connectivity index (χ0n) is 10.2. The topological polar surface area (TPSA) is 61.7 Å². The molecular weight excluding hydrogens is 216 g/mol. The van der Waals surface area contributed by atoms with Gasteiger partial charge in [0.15, 0.2) is 0 Å². The molecule has 0 aliphatic rings. The molecular formula is C13H18N2O2. The molecule has 0 amide bonds. The fourth-order valence-corrected chi connectivity index (χ4v) is 1.40. The Morgan fingerprint density at radius 1 is 1.35 bits per heavy atom. The molecule has 0 spiro atoms. The molecule has 4 nitrogen and oxygen atoms in total. The molecule has 17 heavy (non-hydrogen) atoms. The van der Waals surface area contributed by atoms with Crippen molar-refractivity contribution in [2.45, 2.75) is 26.7 Å². The van der Waals surface area contributed by atoms with Gasteiger partial charge in [-0.2, -0.15) is 5.10 Å². The monoisotopic (exact) mass is 234 g/mol.